The Balaban J connectivity index is 1.83. The molecule has 0 saturated carbocycles. The van der Waals surface area contributed by atoms with Crippen LogP contribution in [0.4, 0.5) is 0 Å². The molecule has 2 aromatic heterocycles. The maximum Gasteiger partial charge on any atom is 0.251 e. The van der Waals surface area contributed by atoms with Gasteiger partial charge in [0, 0.05) is 31.1 Å². The highest BCUT2D eigenvalue weighted by atomic mass is 16.1. The van der Waals surface area contributed by atoms with Crippen LogP contribution in [0.1, 0.15) is 27.9 Å². The van der Waals surface area contributed by atoms with Crippen molar-refractivity contribution in [3.8, 4) is 29.5 Å². The summed E-state index contributed by atoms with van der Waals surface area (Å²) in [6.07, 6.45) is 9.10. The van der Waals surface area contributed by atoms with Gasteiger partial charge in [0.2, 0.25) is 0 Å². The van der Waals surface area contributed by atoms with E-state index in [1.165, 1.54) is 0 Å². The summed E-state index contributed by atoms with van der Waals surface area (Å²) in [7, 11) is 3.65. The number of pyridine rings is 1. The van der Waals surface area contributed by atoms with Crippen molar-refractivity contribution in [2.45, 2.75) is 5.54 Å². The number of hydrogen-bond acceptors (Lipinski definition) is 4. The number of benzene rings is 3. The van der Waals surface area contributed by atoms with E-state index in [-0.39, 0.29) is 5.56 Å². The second-order valence-corrected chi connectivity index (χ2v) is 8.80. The number of nitrogens with two attached hydrogens (primary N) is 1. The van der Waals surface area contributed by atoms with Crippen molar-refractivity contribution in [2.24, 2.45) is 19.8 Å². The predicted molar refractivity (Wildman–Crippen MR) is 141 cm³/mol. The highest BCUT2D eigenvalue weighted by Crippen LogP contribution is 2.37. The highest BCUT2D eigenvalue weighted by molar-refractivity contribution is 5.95. The molecule has 0 spiro atoms. The van der Waals surface area contributed by atoms with Crippen molar-refractivity contribution in [3.05, 3.63) is 124 Å². The number of aromatic nitrogens is 3. The molecule has 174 valence electrons. The van der Waals surface area contributed by atoms with Gasteiger partial charge in [-0.1, -0.05) is 36.3 Å². The summed E-state index contributed by atoms with van der Waals surface area (Å²) in [5, 5.41) is 10.2. The number of terminal acetylenes is 1. The molecule has 0 aliphatic rings. The highest BCUT2D eigenvalue weighted by Gasteiger charge is 2.35. The molecule has 0 unspecified atom stereocenters. The Labute approximate surface area is 208 Å². The third-order valence-electron chi connectivity index (χ3n) is 6.73. The van der Waals surface area contributed by atoms with E-state index >= 15 is 0 Å². The Morgan fingerprint density at radius 3 is 2.39 bits per heavy atom. The molecule has 3 aromatic carbocycles. The van der Waals surface area contributed by atoms with Crippen LogP contribution in [-0.4, -0.2) is 14.1 Å². The topological polar surface area (TPSA) is 89.6 Å². The lowest BCUT2D eigenvalue weighted by Crippen LogP contribution is -2.41. The molecule has 0 radical (unpaired) electrons. The van der Waals surface area contributed by atoms with Gasteiger partial charge in [0.1, 0.15) is 5.54 Å². The lowest BCUT2D eigenvalue weighted by molar-refractivity contribution is 0.596. The molecule has 2 heterocycles. The van der Waals surface area contributed by atoms with Crippen LogP contribution in [0, 0.1) is 23.7 Å². The number of imidazole rings is 1. The van der Waals surface area contributed by atoms with Gasteiger partial charge in [-0.2, -0.15) is 5.26 Å². The standard InChI is InChI=1S/C30H23N5O/c1-4-20-6-5-7-22(14-20)25-16-29(36)35(3)27-13-12-24(15-26(25)27)30(32,28-18-33-19-34(28)2)23-10-8-21(17-31)9-11-23/h1,5-16,18-19H,32H2,2-3H3/t30-/m1/s1. The first-order chi connectivity index (χ1) is 17.4. The van der Waals surface area contributed by atoms with Crippen LogP contribution in [0.3, 0.4) is 0 Å². The van der Waals surface area contributed by atoms with E-state index < -0.39 is 5.54 Å². The van der Waals surface area contributed by atoms with Crippen LogP contribution in [0.25, 0.3) is 22.0 Å². The summed E-state index contributed by atoms with van der Waals surface area (Å²) in [5.74, 6) is 2.67. The normalized spacial score (nSPS) is 12.6. The van der Waals surface area contributed by atoms with Gasteiger partial charge in [0.15, 0.2) is 0 Å². The van der Waals surface area contributed by atoms with Crippen molar-refractivity contribution in [1.29, 1.82) is 5.26 Å². The number of nitriles is 1. The number of rotatable bonds is 4. The summed E-state index contributed by atoms with van der Waals surface area (Å²) in [5.41, 5.74) is 12.2. The Morgan fingerprint density at radius 1 is 0.972 bits per heavy atom. The van der Waals surface area contributed by atoms with Crippen molar-refractivity contribution in [2.75, 3.05) is 0 Å². The Kier molecular flexibility index (Phi) is 5.53. The van der Waals surface area contributed by atoms with E-state index in [1.54, 1.807) is 42.3 Å². The minimum Gasteiger partial charge on any atom is -0.336 e. The minimum atomic E-state index is -1.07. The summed E-state index contributed by atoms with van der Waals surface area (Å²) in [4.78, 5) is 17.1. The zero-order chi connectivity index (χ0) is 25.4. The molecule has 0 bridgehead atoms. The fourth-order valence-corrected chi connectivity index (χ4v) is 4.73. The van der Waals surface area contributed by atoms with Gasteiger partial charge in [0.05, 0.1) is 35.4 Å². The van der Waals surface area contributed by atoms with E-state index in [0.717, 1.165) is 44.4 Å². The summed E-state index contributed by atoms with van der Waals surface area (Å²) < 4.78 is 3.51. The Bertz CT molecular complexity index is 1760. The maximum atomic E-state index is 12.8. The first kappa shape index (κ1) is 22.9. The third kappa shape index (κ3) is 3.58. The van der Waals surface area contributed by atoms with E-state index in [4.69, 9.17) is 12.2 Å². The van der Waals surface area contributed by atoms with E-state index in [2.05, 4.69) is 17.0 Å². The molecule has 0 aliphatic heterocycles. The molecule has 0 saturated heterocycles. The van der Waals surface area contributed by atoms with Crippen LogP contribution < -0.4 is 11.3 Å². The zero-order valence-corrected chi connectivity index (χ0v) is 19.9. The van der Waals surface area contributed by atoms with Gasteiger partial charge in [-0.25, -0.2) is 4.98 Å². The monoisotopic (exact) mass is 469 g/mol. The molecule has 1 atom stereocenters. The molecule has 2 N–H and O–H groups in total. The van der Waals surface area contributed by atoms with Crippen LogP contribution >= 0.6 is 0 Å². The molecule has 0 fully saturated rings. The van der Waals surface area contributed by atoms with Gasteiger partial charge in [-0.15, -0.1) is 6.42 Å². The summed E-state index contributed by atoms with van der Waals surface area (Å²) in [6.45, 7) is 0. The fraction of sp³-hybridized carbons (Fsp3) is 0.100. The number of fused-ring (bicyclic) bond motifs is 1. The van der Waals surface area contributed by atoms with Gasteiger partial charge in [-0.3, -0.25) is 4.79 Å². The Hall–Kier alpha value is -4.91. The lowest BCUT2D eigenvalue weighted by Gasteiger charge is -2.31. The second-order valence-electron chi connectivity index (χ2n) is 8.80. The lowest BCUT2D eigenvalue weighted by atomic mass is 9.80. The predicted octanol–water partition coefficient (Wildman–Crippen LogP) is 4.04. The zero-order valence-electron chi connectivity index (χ0n) is 19.9. The summed E-state index contributed by atoms with van der Waals surface area (Å²) >= 11 is 0. The van der Waals surface area contributed by atoms with Crippen molar-refractivity contribution in [3.63, 3.8) is 0 Å². The van der Waals surface area contributed by atoms with Crippen molar-refractivity contribution < 1.29 is 0 Å². The van der Waals surface area contributed by atoms with E-state index in [0.29, 0.717) is 5.56 Å². The maximum absolute atomic E-state index is 12.8. The average Bonchev–Trinajstić information content (AvgIpc) is 3.36. The molecule has 0 amide bonds. The molecule has 6 heteroatoms. The van der Waals surface area contributed by atoms with Crippen LogP contribution in [0.15, 0.2) is 90.1 Å². The quantitative estimate of drug-likeness (QED) is 0.402. The first-order valence-corrected chi connectivity index (χ1v) is 11.3. The molecular formula is C30H23N5O. The molecule has 6 nitrogen and oxygen atoms in total. The SMILES string of the molecule is C#Cc1cccc(-c2cc(=O)n(C)c3ccc([C@](N)(c4ccc(C#N)cc4)c4cncn4C)cc23)c1. The van der Waals surface area contributed by atoms with Crippen LogP contribution in [0.5, 0.6) is 0 Å². The van der Waals surface area contributed by atoms with Crippen LogP contribution in [0.2, 0.25) is 0 Å². The Morgan fingerprint density at radius 2 is 1.72 bits per heavy atom. The molecule has 5 aromatic rings. The van der Waals surface area contributed by atoms with Gasteiger partial charge >= 0.3 is 0 Å². The number of aryl methyl sites for hydroxylation is 2. The molecule has 0 aliphatic carbocycles. The number of nitrogens with zero attached hydrogens (tertiary/aromatic N) is 4. The molecular weight excluding hydrogens is 446 g/mol. The van der Waals surface area contributed by atoms with E-state index in [1.807, 2.05) is 66.2 Å². The van der Waals surface area contributed by atoms with Crippen molar-refractivity contribution in [1.82, 2.24) is 14.1 Å². The van der Waals surface area contributed by atoms with Crippen molar-refractivity contribution >= 4 is 10.9 Å². The number of hydrogen-bond donors (Lipinski definition) is 1. The third-order valence-corrected chi connectivity index (χ3v) is 6.73. The molecule has 36 heavy (non-hydrogen) atoms. The van der Waals surface area contributed by atoms with E-state index in [9.17, 15) is 10.1 Å². The fourth-order valence-electron chi connectivity index (χ4n) is 4.73. The van der Waals surface area contributed by atoms with Gasteiger partial charge < -0.3 is 14.9 Å². The van der Waals surface area contributed by atoms with Gasteiger partial charge in [0.25, 0.3) is 5.56 Å². The van der Waals surface area contributed by atoms with Gasteiger partial charge in [-0.05, 0) is 58.7 Å². The minimum absolute atomic E-state index is 0.117. The smallest absolute Gasteiger partial charge is 0.251 e. The molecule has 5 rings (SSSR count). The second kappa shape index (κ2) is 8.70. The first-order valence-electron chi connectivity index (χ1n) is 11.3. The average molecular weight is 470 g/mol. The van der Waals surface area contributed by atoms with Crippen LogP contribution in [-0.2, 0) is 19.6 Å². The summed E-state index contributed by atoms with van der Waals surface area (Å²) in [6, 6.07) is 24.5. The largest absolute Gasteiger partial charge is 0.336 e.